The molecule has 2 aliphatic rings. The van der Waals surface area contributed by atoms with Crippen LogP contribution in [-0.4, -0.2) is 47.5 Å². The minimum Gasteiger partial charge on any atom is -0.497 e. The fourth-order valence-corrected chi connectivity index (χ4v) is 4.89. The van der Waals surface area contributed by atoms with E-state index in [1.165, 1.54) is 0 Å². The molecule has 7 heteroatoms. The van der Waals surface area contributed by atoms with Crippen LogP contribution < -0.4 is 4.74 Å². The van der Waals surface area contributed by atoms with E-state index in [1.54, 1.807) is 12.0 Å². The third kappa shape index (κ3) is 3.48. The van der Waals surface area contributed by atoms with Crippen LogP contribution in [0, 0.1) is 5.92 Å². The van der Waals surface area contributed by atoms with Crippen LogP contribution in [0.15, 0.2) is 54.6 Å². The van der Waals surface area contributed by atoms with Crippen molar-refractivity contribution in [3.8, 4) is 5.75 Å². The Balaban J connectivity index is 1.62. The summed E-state index contributed by atoms with van der Waals surface area (Å²) in [5, 5.41) is 0. The highest BCUT2D eigenvalue weighted by atomic mass is 35.5. The predicted octanol–water partition coefficient (Wildman–Crippen LogP) is 3.55. The molecule has 2 aromatic carbocycles. The molecule has 0 aliphatic carbocycles. The number of nitrogens with zero attached hydrogens (tertiary/aromatic N) is 1. The van der Waals surface area contributed by atoms with Gasteiger partial charge in [0.15, 0.2) is 5.60 Å². The van der Waals surface area contributed by atoms with Crippen LogP contribution >= 0.6 is 11.6 Å². The lowest BCUT2D eigenvalue weighted by molar-refractivity contribution is -0.243. The van der Waals surface area contributed by atoms with Crippen molar-refractivity contribution in [1.29, 1.82) is 0 Å². The molecular weight excluding hydrogens is 418 g/mol. The van der Waals surface area contributed by atoms with Gasteiger partial charge in [0.1, 0.15) is 5.75 Å². The summed E-state index contributed by atoms with van der Waals surface area (Å²) in [6.45, 7) is 2.51. The molecule has 1 amide bonds. The van der Waals surface area contributed by atoms with Gasteiger partial charge in [-0.3, -0.25) is 4.79 Å². The second kappa shape index (κ2) is 8.52. The van der Waals surface area contributed by atoms with Gasteiger partial charge >= 0.3 is 5.97 Å². The predicted molar refractivity (Wildman–Crippen MR) is 116 cm³/mol. The molecule has 2 saturated heterocycles. The first kappa shape index (κ1) is 21.7. The number of hydrogen-bond acceptors (Lipinski definition) is 5. The summed E-state index contributed by atoms with van der Waals surface area (Å²) >= 11 is 6.00. The van der Waals surface area contributed by atoms with E-state index in [9.17, 15) is 9.59 Å². The van der Waals surface area contributed by atoms with Crippen LogP contribution in [0.2, 0.25) is 0 Å². The number of rotatable bonds is 9. The Morgan fingerprint density at radius 1 is 1.06 bits per heavy atom. The van der Waals surface area contributed by atoms with E-state index < -0.39 is 23.0 Å². The number of esters is 1. The molecule has 6 nitrogen and oxygen atoms in total. The fraction of sp³-hybridized carbons (Fsp3) is 0.417. The minimum atomic E-state index is -1.17. The van der Waals surface area contributed by atoms with Crippen LogP contribution in [0.25, 0.3) is 0 Å². The molecule has 0 N–H and O–H groups in total. The van der Waals surface area contributed by atoms with Crippen molar-refractivity contribution >= 4 is 23.5 Å². The number of methoxy groups -OCH3 is 1. The molecule has 2 unspecified atom stereocenters. The molecule has 0 saturated carbocycles. The van der Waals surface area contributed by atoms with Crippen LogP contribution in [0.4, 0.5) is 0 Å². The summed E-state index contributed by atoms with van der Waals surface area (Å²) in [7, 11) is 1.60. The van der Waals surface area contributed by atoms with E-state index in [0.29, 0.717) is 18.9 Å². The highest BCUT2D eigenvalue weighted by Gasteiger charge is 2.79. The Morgan fingerprint density at radius 2 is 1.77 bits per heavy atom. The number of halogens is 1. The van der Waals surface area contributed by atoms with Crippen molar-refractivity contribution in [2.75, 3.05) is 19.6 Å². The largest absolute Gasteiger partial charge is 0.497 e. The van der Waals surface area contributed by atoms with Crippen LogP contribution in [-0.2, 0) is 32.2 Å². The molecular formula is C24H26ClNO5. The molecule has 2 aliphatic heterocycles. The Bertz CT molecular complexity index is 950. The van der Waals surface area contributed by atoms with Gasteiger partial charge in [-0.05, 0) is 36.6 Å². The number of benzene rings is 2. The van der Waals surface area contributed by atoms with Gasteiger partial charge in [0, 0.05) is 12.4 Å². The average molecular weight is 444 g/mol. The van der Waals surface area contributed by atoms with Gasteiger partial charge in [-0.15, -0.1) is 11.6 Å². The first-order valence-corrected chi connectivity index (χ1v) is 10.8. The molecule has 164 valence electrons. The number of hydrogen-bond donors (Lipinski definition) is 0. The highest BCUT2D eigenvalue weighted by Crippen LogP contribution is 2.55. The van der Waals surface area contributed by atoms with Crippen molar-refractivity contribution in [2.45, 2.75) is 37.6 Å². The normalized spacial score (nSPS) is 26.9. The quantitative estimate of drug-likeness (QED) is 0.438. The smallest absolute Gasteiger partial charge is 0.339 e. The first-order valence-electron chi connectivity index (χ1n) is 10.3. The van der Waals surface area contributed by atoms with E-state index in [4.69, 9.17) is 25.8 Å². The monoisotopic (exact) mass is 443 g/mol. The maximum atomic E-state index is 13.4. The Morgan fingerprint density at radius 3 is 2.39 bits per heavy atom. The second-order valence-corrected chi connectivity index (χ2v) is 8.52. The van der Waals surface area contributed by atoms with Crippen molar-refractivity contribution in [2.24, 2.45) is 5.92 Å². The summed E-state index contributed by atoms with van der Waals surface area (Å²) in [6, 6.07) is 17.2. The summed E-state index contributed by atoms with van der Waals surface area (Å²) in [4.78, 5) is 28.0. The molecule has 2 heterocycles. The zero-order valence-corrected chi connectivity index (χ0v) is 18.4. The Labute approximate surface area is 187 Å². The molecule has 0 radical (unpaired) electrons. The number of likely N-dealkylation sites (tertiary alicyclic amines) is 1. The lowest BCUT2D eigenvalue weighted by Crippen LogP contribution is -2.76. The van der Waals surface area contributed by atoms with E-state index in [0.717, 1.165) is 16.9 Å². The molecule has 2 aromatic rings. The van der Waals surface area contributed by atoms with Gasteiger partial charge in [0.05, 0.1) is 26.2 Å². The van der Waals surface area contributed by atoms with Gasteiger partial charge < -0.3 is 19.1 Å². The van der Waals surface area contributed by atoms with Crippen molar-refractivity contribution < 1.29 is 23.8 Å². The van der Waals surface area contributed by atoms with Crippen molar-refractivity contribution in [1.82, 2.24) is 4.90 Å². The number of amides is 1. The molecule has 0 bridgehead atoms. The van der Waals surface area contributed by atoms with Crippen molar-refractivity contribution in [3.63, 3.8) is 0 Å². The van der Waals surface area contributed by atoms with Crippen molar-refractivity contribution in [3.05, 3.63) is 65.7 Å². The summed E-state index contributed by atoms with van der Waals surface area (Å²) < 4.78 is 16.8. The van der Waals surface area contributed by atoms with E-state index in [-0.39, 0.29) is 19.1 Å². The maximum absolute atomic E-state index is 13.4. The zero-order chi connectivity index (χ0) is 22.1. The third-order valence-electron chi connectivity index (χ3n) is 6.47. The number of carbonyl (C=O) groups excluding carboxylic acids is 2. The van der Waals surface area contributed by atoms with E-state index in [2.05, 4.69) is 0 Å². The summed E-state index contributed by atoms with van der Waals surface area (Å²) in [6.07, 6.45) is 0.434. The number of alkyl halides is 1. The molecule has 2 fully saturated rings. The average Bonchev–Trinajstić information content (AvgIpc) is 2.91. The first-order chi connectivity index (χ1) is 15.0. The van der Waals surface area contributed by atoms with Gasteiger partial charge in [0.25, 0.3) is 0 Å². The zero-order valence-electron chi connectivity index (χ0n) is 17.7. The van der Waals surface area contributed by atoms with Crippen LogP contribution in [0.1, 0.15) is 24.5 Å². The van der Waals surface area contributed by atoms with E-state index >= 15 is 0 Å². The summed E-state index contributed by atoms with van der Waals surface area (Å²) in [5.74, 6) is -0.0253. The number of carbonyl (C=O) groups is 2. The number of ether oxygens (including phenoxy) is 3. The van der Waals surface area contributed by atoms with Gasteiger partial charge in [-0.2, -0.15) is 0 Å². The molecule has 31 heavy (non-hydrogen) atoms. The SMILES string of the molecule is COc1ccc(CN2C(=O)[C@@H](CCCl)C3(C)OC(=O)C23COCc2ccccc2)cc1. The minimum absolute atomic E-state index is 0.0674. The molecule has 0 aromatic heterocycles. The Kier molecular flexibility index (Phi) is 5.95. The third-order valence-corrected chi connectivity index (χ3v) is 6.69. The summed E-state index contributed by atoms with van der Waals surface area (Å²) in [5.41, 5.74) is -0.254. The highest BCUT2D eigenvalue weighted by molar-refractivity contribution is 6.18. The Hall–Kier alpha value is -2.57. The molecule has 4 rings (SSSR count). The molecule has 3 atom stereocenters. The lowest BCUT2D eigenvalue weighted by atomic mass is 9.71. The number of fused-ring (bicyclic) bond motifs is 1. The topological polar surface area (TPSA) is 65.1 Å². The fourth-order valence-electron chi connectivity index (χ4n) is 4.67. The van der Waals surface area contributed by atoms with Crippen LogP contribution in [0.5, 0.6) is 5.75 Å². The van der Waals surface area contributed by atoms with E-state index in [1.807, 2.05) is 61.5 Å². The standard InChI is InChI=1S/C24H26ClNO5/c1-23-20(12-13-25)21(27)26(14-17-8-10-19(29-2)11-9-17)24(23,22(28)31-23)16-30-15-18-6-4-3-5-7-18/h3-11,20H,12-16H2,1-2H3/t20-,23?,24?/m1/s1. The maximum Gasteiger partial charge on any atom is 0.339 e. The van der Waals surface area contributed by atoms with Gasteiger partial charge in [-0.1, -0.05) is 42.5 Å². The van der Waals surface area contributed by atoms with Gasteiger partial charge in [0.2, 0.25) is 11.4 Å². The second-order valence-electron chi connectivity index (χ2n) is 8.14. The van der Waals surface area contributed by atoms with Gasteiger partial charge in [-0.25, -0.2) is 4.79 Å². The van der Waals surface area contributed by atoms with Crippen LogP contribution in [0.3, 0.4) is 0 Å². The lowest BCUT2D eigenvalue weighted by Gasteiger charge is -2.53. The molecule has 0 spiro atoms.